The topological polar surface area (TPSA) is 41.1 Å². The molecule has 0 bridgehead atoms. The molecule has 0 aromatic carbocycles. The lowest BCUT2D eigenvalue weighted by Crippen LogP contribution is -2.29. The first-order valence-electron chi connectivity index (χ1n) is 5.07. The van der Waals surface area contributed by atoms with Crippen molar-refractivity contribution in [3.05, 3.63) is 11.9 Å². The zero-order valence-electron chi connectivity index (χ0n) is 8.79. The van der Waals surface area contributed by atoms with Crippen LogP contribution in [-0.4, -0.2) is 42.1 Å². The Bertz CT molecular complexity index is 289. The third-order valence-electron chi connectivity index (χ3n) is 2.92. The largest absolute Gasteiger partial charge is 0.468 e. The second-order valence-electron chi connectivity index (χ2n) is 3.93. The van der Waals surface area contributed by atoms with Gasteiger partial charge in [0.25, 0.3) is 6.01 Å². The molecule has 0 aliphatic carbocycles. The van der Waals surface area contributed by atoms with E-state index in [4.69, 9.17) is 4.74 Å². The van der Waals surface area contributed by atoms with Crippen molar-refractivity contribution in [2.75, 3.05) is 27.2 Å². The fourth-order valence-corrected chi connectivity index (χ4v) is 1.95. The summed E-state index contributed by atoms with van der Waals surface area (Å²) in [4.78, 5) is 9.70. The van der Waals surface area contributed by atoms with E-state index < -0.39 is 0 Å². The minimum Gasteiger partial charge on any atom is -0.468 e. The van der Waals surface area contributed by atoms with E-state index in [-0.39, 0.29) is 0 Å². The highest BCUT2D eigenvalue weighted by Crippen LogP contribution is 2.26. The van der Waals surface area contributed by atoms with E-state index in [2.05, 4.69) is 21.9 Å². The van der Waals surface area contributed by atoms with Gasteiger partial charge >= 0.3 is 0 Å². The van der Waals surface area contributed by atoms with Crippen LogP contribution in [0.15, 0.2) is 6.20 Å². The van der Waals surface area contributed by atoms with Gasteiger partial charge in [0.2, 0.25) is 0 Å². The number of hydrogen-bond acceptors (Lipinski definition) is 3. The number of imidazole rings is 1. The quantitative estimate of drug-likeness (QED) is 0.771. The molecular formula is C10H17N3O. The van der Waals surface area contributed by atoms with E-state index in [1.165, 1.54) is 31.6 Å². The Morgan fingerprint density at radius 3 is 2.79 bits per heavy atom. The summed E-state index contributed by atoms with van der Waals surface area (Å²) in [6.07, 6.45) is 4.32. The Morgan fingerprint density at radius 1 is 1.50 bits per heavy atom. The number of aromatic amines is 1. The van der Waals surface area contributed by atoms with Crippen molar-refractivity contribution < 1.29 is 4.74 Å². The van der Waals surface area contributed by atoms with E-state index in [0.717, 1.165) is 0 Å². The minimum absolute atomic E-state index is 0.624. The van der Waals surface area contributed by atoms with Crippen LogP contribution >= 0.6 is 0 Å². The molecule has 4 heteroatoms. The molecule has 1 aromatic rings. The number of rotatable bonds is 2. The van der Waals surface area contributed by atoms with Crippen molar-refractivity contribution in [1.29, 1.82) is 0 Å². The first-order chi connectivity index (χ1) is 6.79. The summed E-state index contributed by atoms with van der Waals surface area (Å²) in [5.41, 5.74) is 1.22. The Labute approximate surface area is 84.3 Å². The number of methoxy groups -OCH3 is 1. The number of piperidine rings is 1. The van der Waals surface area contributed by atoms with Gasteiger partial charge in [-0.2, -0.15) is 0 Å². The van der Waals surface area contributed by atoms with E-state index in [1.807, 2.05) is 6.20 Å². The van der Waals surface area contributed by atoms with Gasteiger partial charge in [-0.3, -0.25) is 0 Å². The Kier molecular flexibility index (Phi) is 2.72. The maximum absolute atomic E-state index is 5.03. The Balaban J connectivity index is 2.01. The number of nitrogens with one attached hydrogen (secondary N) is 1. The molecule has 2 rings (SSSR count). The predicted molar refractivity (Wildman–Crippen MR) is 54.6 cm³/mol. The lowest BCUT2D eigenvalue weighted by molar-refractivity contribution is 0.253. The van der Waals surface area contributed by atoms with Crippen LogP contribution in [0.4, 0.5) is 0 Å². The van der Waals surface area contributed by atoms with E-state index in [9.17, 15) is 0 Å². The average Bonchev–Trinajstić information content (AvgIpc) is 2.67. The predicted octanol–water partition coefficient (Wildman–Crippen LogP) is 1.23. The van der Waals surface area contributed by atoms with Gasteiger partial charge in [-0.1, -0.05) is 0 Å². The van der Waals surface area contributed by atoms with Gasteiger partial charge in [0.05, 0.1) is 13.3 Å². The summed E-state index contributed by atoms with van der Waals surface area (Å²) < 4.78 is 5.03. The van der Waals surface area contributed by atoms with E-state index >= 15 is 0 Å². The summed E-state index contributed by atoms with van der Waals surface area (Å²) in [6.45, 7) is 2.35. The van der Waals surface area contributed by atoms with Gasteiger partial charge in [0.15, 0.2) is 0 Å². The first kappa shape index (κ1) is 9.52. The molecule has 1 aromatic heterocycles. The van der Waals surface area contributed by atoms with Crippen molar-refractivity contribution in [2.45, 2.75) is 18.8 Å². The minimum atomic E-state index is 0.624. The number of likely N-dealkylation sites (tertiary alicyclic amines) is 1. The van der Waals surface area contributed by atoms with Gasteiger partial charge in [0, 0.05) is 11.6 Å². The number of nitrogens with zero attached hydrogens (tertiary/aromatic N) is 2. The van der Waals surface area contributed by atoms with Crippen molar-refractivity contribution in [2.24, 2.45) is 0 Å². The van der Waals surface area contributed by atoms with Crippen LogP contribution in [0.2, 0.25) is 0 Å². The SMILES string of the molecule is COc1ncc(C2CCN(C)CC2)[nH]1. The molecule has 0 spiro atoms. The molecule has 1 aliphatic rings. The fraction of sp³-hybridized carbons (Fsp3) is 0.700. The molecule has 1 fully saturated rings. The molecule has 0 saturated carbocycles. The standard InChI is InChI=1S/C10H17N3O/c1-13-5-3-8(4-6-13)9-7-11-10(12-9)14-2/h7-8H,3-6H2,1-2H3,(H,11,12). The smallest absolute Gasteiger partial charge is 0.293 e. The monoisotopic (exact) mass is 195 g/mol. The van der Waals surface area contributed by atoms with Crippen molar-refractivity contribution >= 4 is 0 Å². The highest BCUT2D eigenvalue weighted by molar-refractivity contribution is 5.11. The third-order valence-corrected chi connectivity index (χ3v) is 2.92. The van der Waals surface area contributed by atoms with E-state index in [1.54, 1.807) is 7.11 Å². The third kappa shape index (κ3) is 1.90. The van der Waals surface area contributed by atoms with Crippen LogP contribution in [0.25, 0.3) is 0 Å². The molecule has 78 valence electrons. The van der Waals surface area contributed by atoms with Gasteiger partial charge < -0.3 is 14.6 Å². The van der Waals surface area contributed by atoms with Gasteiger partial charge in [0.1, 0.15) is 0 Å². The highest BCUT2D eigenvalue weighted by atomic mass is 16.5. The molecule has 0 amide bonds. The molecule has 0 atom stereocenters. The second kappa shape index (κ2) is 4.00. The maximum atomic E-state index is 5.03. The Morgan fingerprint density at radius 2 is 2.21 bits per heavy atom. The molecule has 0 radical (unpaired) electrons. The normalized spacial score (nSPS) is 19.9. The lowest BCUT2D eigenvalue weighted by atomic mass is 9.94. The molecule has 14 heavy (non-hydrogen) atoms. The Hall–Kier alpha value is -1.03. The fourth-order valence-electron chi connectivity index (χ4n) is 1.95. The summed E-state index contributed by atoms with van der Waals surface area (Å²) in [5.74, 6) is 0.627. The second-order valence-corrected chi connectivity index (χ2v) is 3.93. The van der Waals surface area contributed by atoms with Crippen LogP contribution < -0.4 is 4.74 Å². The maximum Gasteiger partial charge on any atom is 0.293 e. The molecule has 1 aliphatic heterocycles. The number of aromatic nitrogens is 2. The first-order valence-corrected chi connectivity index (χ1v) is 5.07. The van der Waals surface area contributed by atoms with Crippen LogP contribution in [0.3, 0.4) is 0 Å². The number of H-pyrrole nitrogens is 1. The highest BCUT2D eigenvalue weighted by Gasteiger charge is 2.19. The van der Waals surface area contributed by atoms with Crippen LogP contribution in [0.1, 0.15) is 24.5 Å². The van der Waals surface area contributed by atoms with Crippen molar-refractivity contribution in [1.82, 2.24) is 14.9 Å². The number of hydrogen-bond donors (Lipinski definition) is 1. The lowest BCUT2D eigenvalue weighted by Gasteiger charge is -2.27. The molecule has 4 nitrogen and oxygen atoms in total. The summed E-state index contributed by atoms with van der Waals surface area (Å²) in [5, 5.41) is 0. The average molecular weight is 195 g/mol. The molecule has 2 heterocycles. The molecule has 1 saturated heterocycles. The van der Waals surface area contributed by atoms with Gasteiger partial charge in [-0.25, -0.2) is 4.98 Å². The van der Waals surface area contributed by atoms with Crippen LogP contribution in [0, 0.1) is 0 Å². The summed E-state index contributed by atoms with van der Waals surface area (Å²) in [7, 11) is 3.81. The number of ether oxygens (including phenoxy) is 1. The zero-order chi connectivity index (χ0) is 9.97. The van der Waals surface area contributed by atoms with Crippen molar-refractivity contribution in [3.63, 3.8) is 0 Å². The van der Waals surface area contributed by atoms with Crippen LogP contribution in [-0.2, 0) is 0 Å². The van der Waals surface area contributed by atoms with E-state index in [0.29, 0.717) is 11.9 Å². The van der Waals surface area contributed by atoms with Crippen LogP contribution in [0.5, 0.6) is 6.01 Å². The van der Waals surface area contributed by atoms with Crippen molar-refractivity contribution in [3.8, 4) is 6.01 Å². The summed E-state index contributed by atoms with van der Waals surface area (Å²) >= 11 is 0. The van der Waals surface area contributed by atoms with Gasteiger partial charge in [-0.05, 0) is 33.0 Å². The molecule has 0 unspecified atom stereocenters. The molecular weight excluding hydrogens is 178 g/mol. The summed E-state index contributed by atoms with van der Waals surface area (Å²) in [6, 6.07) is 0.624. The molecule has 1 N–H and O–H groups in total. The zero-order valence-corrected chi connectivity index (χ0v) is 8.79. The van der Waals surface area contributed by atoms with Gasteiger partial charge in [-0.15, -0.1) is 0 Å².